The van der Waals surface area contributed by atoms with Crippen molar-refractivity contribution in [3.8, 4) is 37.0 Å². The average Bonchev–Trinajstić information content (AvgIpc) is 3.38. The Morgan fingerprint density at radius 1 is 0.762 bits per heavy atom. The van der Waals surface area contributed by atoms with Gasteiger partial charge in [0.2, 0.25) is 0 Å². The van der Waals surface area contributed by atoms with Gasteiger partial charge in [0.25, 0.3) is 0 Å². The minimum absolute atomic E-state index is 0.0703. The Labute approximate surface area is 248 Å². The summed E-state index contributed by atoms with van der Waals surface area (Å²) in [6, 6.07) is 5.47. The van der Waals surface area contributed by atoms with Crippen molar-refractivity contribution in [2.24, 2.45) is 10.8 Å². The fraction of sp³-hybridized carbons (Fsp3) is 0.500. The van der Waals surface area contributed by atoms with E-state index in [4.69, 9.17) is 36.9 Å². The summed E-state index contributed by atoms with van der Waals surface area (Å²) < 4.78 is 19.9. The predicted octanol–water partition coefficient (Wildman–Crippen LogP) is 2.15. The van der Waals surface area contributed by atoms with Crippen LogP contribution in [0.4, 0.5) is 0 Å². The first-order valence-electron chi connectivity index (χ1n) is 13.4. The molecule has 0 bridgehead atoms. The van der Waals surface area contributed by atoms with Crippen molar-refractivity contribution in [1.29, 1.82) is 0 Å². The van der Waals surface area contributed by atoms with Gasteiger partial charge in [-0.1, -0.05) is 24.1 Å². The van der Waals surface area contributed by atoms with Gasteiger partial charge in [0.15, 0.2) is 10.8 Å². The van der Waals surface area contributed by atoms with Crippen LogP contribution < -0.4 is 0 Å². The molecule has 42 heavy (non-hydrogen) atoms. The van der Waals surface area contributed by atoms with Gasteiger partial charge in [-0.25, -0.2) is 0 Å². The van der Waals surface area contributed by atoms with E-state index in [-0.39, 0.29) is 65.3 Å². The van der Waals surface area contributed by atoms with E-state index in [9.17, 15) is 24.3 Å². The standard InChI is InChI=1S/C16H20O5.C13H16O4.C3H4O/c1-3-20-14(18)16(15(19)21-4-2)8-12-6-5-11(10-17)7-13(12)9-16;1-5-9-13(10-6-2,11(14)16-7-3)12(15)17-8-4;1-2-3-4/h5-7,17H,3-4,8-10H2,1-2H3;1-2H,7-10H2,3-4H3;1,4H,3H2. The number of terminal acetylenes is 3. The van der Waals surface area contributed by atoms with Crippen molar-refractivity contribution in [1.82, 2.24) is 0 Å². The van der Waals surface area contributed by atoms with Crippen molar-refractivity contribution in [3.63, 3.8) is 0 Å². The minimum Gasteiger partial charge on any atom is -0.465 e. The maximum atomic E-state index is 12.3. The fourth-order valence-electron chi connectivity index (χ4n) is 4.06. The Hall–Kier alpha value is -4.30. The predicted molar refractivity (Wildman–Crippen MR) is 154 cm³/mol. The summed E-state index contributed by atoms with van der Waals surface area (Å²) in [5.41, 5.74) is -0.286. The smallest absolute Gasteiger partial charge is 0.325 e. The molecule has 1 aliphatic rings. The second kappa shape index (κ2) is 19.7. The molecule has 0 spiro atoms. The van der Waals surface area contributed by atoms with Crippen molar-refractivity contribution in [2.75, 3.05) is 33.0 Å². The average molecular weight is 585 g/mol. The highest BCUT2D eigenvalue weighted by atomic mass is 16.6. The molecule has 0 heterocycles. The zero-order chi connectivity index (χ0) is 32.2. The molecule has 10 nitrogen and oxygen atoms in total. The molecule has 1 aromatic rings. The Kier molecular flexibility index (Phi) is 17.7. The quantitative estimate of drug-likeness (QED) is 0.172. The van der Waals surface area contributed by atoms with Crippen LogP contribution in [-0.2, 0) is 57.6 Å². The van der Waals surface area contributed by atoms with Crippen LogP contribution in [0.15, 0.2) is 18.2 Å². The third-order valence-corrected chi connectivity index (χ3v) is 6.00. The Morgan fingerprint density at radius 3 is 1.55 bits per heavy atom. The molecule has 0 unspecified atom stereocenters. The molecule has 0 fully saturated rings. The number of carbonyl (C=O) groups excluding carboxylic acids is 4. The molecule has 0 saturated heterocycles. The van der Waals surface area contributed by atoms with Crippen LogP contribution in [0.2, 0.25) is 0 Å². The van der Waals surface area contributed by atoms with E-state index in [0.717, 1.165) is 16.7 Å². The Morgan fingerprint density at radius 2 is 1.19 bits per heavy atom. The first-order valence-corrected chi connectivity index (χ1v) is 13.4. The molecule has 0 radical (unpaired) electrons. The van der Waals surface area contributed by atoms with Crippen molar-refractivity contribution in [2.45, 2.75) is 60.0 Å². The second-order valence-corrected chi connectivity index (χ2v) is 8.78. The van der Waals surface area contributed by atoms with Gasteiger partial charge in [0.05, 0.1) is 33.0 Å². The van der Waals surface area contributed by atoms with Crippen LogP contribution in [0, 0.1) is 47.9 Å². The minimum atomic E-state index is -1.57. The van der Waals surface area contributed by atoms with E-state index in [1.807, 2.05) is 18.1 Å². The largest absolute Gasteiger partial charge is 0.465 e. The lowest BCUT2D eigenvalue weighted by Gasteiger charge is -2.25. The van der Waals surface area contributed by atoms with Gasteiger partial charge in [-0.2, -0.15) is 0 Å². The number of ether oxygens (including phenoxy) is 4. The highest BCUT2D eigenvalue weighted by Crippen LogP contribution is 2.40. The number of fused-ring (bicyclic) bond motifs is 1. The summed E-state index contributed by atoms with van der Waals surface area (Å²) in [5.74, 6) is 4.01. The second-order valence-electron chi connectivity index (χ2n) is 8.78. The highest BCUT2D eigenvalue weighted by Gasteiger charge is 2.53. The molecule has 1 aromatic carbocycles. The number of aliphatic hydroxyl groups is 2. The van der Waals surface area contributed by atoms with Gasteiger partial charge in [-0.3, -0.25) is 19.2 Å². The third kappa shape index (κ3) is 9.96. The molecule has 10 heteroatoms. The van der Waals surface area contributed by atoms with Crippen LogP contribution in [0.3, 0.4) is 0 Å². The van der Waals surface area contributed by atoms with Gasteiger partial charge >= 0.3 is 23.9 Å². The summed E-state index contributed by atoms with van der Waals surface area (Å²) in [7, 11) is 0. The summed E-state index contributed by atoms with van der Waals surface area (Å²) in [6.45, 7) is 7.21. The molecule has 0 saturated carbocycles. The van der Waals surface area contributed by atoms with Gasteiger partial charge in [-0.15, -0.1) is 31.1 Å². The lowest BCUT2D eigenvalue weighted by molar-refractivity contribution is -0.173. The molecule has 228 valence electrons. The van der Waals surface area contributed by atoms with Crippen LogP contribution in [0.25, 0.3) is 0 Å². The van der Waals surface area contributed by atoms with E-state index in [1.54, 1.807) is 33.8 Å². The lowest BCUT2D eigenvalue weighted by Crippen LogP contribution is -2.43. The molecule has 1 aliphatic carbocycles. The molecule has 2 N–H and O–H groups in total. The zero-order valence-electron chi connectivity index (χ0n) is 24.7. The maximum Gasteiger partial charge on any atom is 0.325 e. The van der Waals surface area contributed by atoms with Gasteiger partial charge < -0.3 is 29.2 Å². The molecule has 2 rings (SSSR count). The number of hydrogen-bond acceptors (Lipinski definition) is 10. The van der Waals surface area contributed by atoms with Crippen LogP contribution in [0.1, 0.15) is 57.2 Å². The molecule has 0 atom stereocenters. The van der Waals surface area contributed by atoms with Crippen LogP contribution >= 0.6 is 0 Å². The number of aliphatic hydroxyl groups excluding tert-OH is 2. The van der Waals surface area contributed by atoms with Crippen LogP contribution in [0.5, 0.6) is 0 Å². The van der Waals surface area contributed by atoms with Crippen molar-refractivity contribution in [3.05, 3.63) is 34.9 Å². The number of esters is 4. The monoisotopic (exact) mass is 584 g/mol. The molecular formula is C32H40O10. The highest BCUT2D eigenvalue weighted by molar-refractivity contribution is 6.02. The molecule has 0 aromatic heterocycles. The van der Waals surface area contributed by atoms with Gasteiger partial charge in [0.1, 0.15) is 6.61 Å². The fourth-order valence-corrected chi connectivity index (χ4v) is 4.06. The summed E-state index contributed by atoms with van der Waals surface area (Å²) >= 11 is 0. The topological polar surface area (TPSA) is 146 Å². The number of carbonyl (C=O) groups is 4. The molecule has 0 aliphatic heterocycles. The number of benzene rings is 1. The molecular weight excluding hydrogens is 544 g/mol. The van der Waals surface area contributed by atoms with E-state index < -0.39 is 34.7 Å². The Balaban J connectivity index is 0.000000724. The van der Waals surface area contributed by atoms with E-state index in [1.165, 1.54) is 0 Å². The first kappa shape index (κ1) is 37.7. The van der Waals surface area contributed by atoms with Gasteiger partial charge in [0, 0.05) is 12.8 Å². The third-order valence-electron chi connectivity index (χ3n) is 6.00. The first-order chi connectivity index (χ1) is 20.1. The van der Waals surface area contributed by atoms with E-state index in [2.05, 4.69) is 18.3 Å². The lowest BCUT2D eigenvalue weighted by atomic mass is 9.81. The zero-order valence-corrected chi connectivity index (χ0v) is 24.7. The maximum absolute atomic E-state index is 12.3. The van der Waals surface area contributed by atoms with E-state index in [0.29, 0.717) is 0 Å². The van der Waals surface area contributed by atoms with Crippen molar-refractivity contribution < 1.29 is 48.3 Å². The summed E-state index contributed by atoms with van der Waals surface area (Å²) in [6.07, 6.45) is 15.2. The van der Waals surface area contributed by atoms with Crippen molar-refractivity contribution >= 4 is 23.9 Å². The number of hydrogen-bond donors (Lipinski definition) is 2. The van der Waals surface area contributed by atoms with E-state index >= 15 is 0 Å². The number of rotatable bonds is 11. The Bertz CT molecular complexity index is 1130. The summed E-state index contributed by atoms with van der Waals surface area (Å²) in [5, 5.41) is 16.8. The SMILES string of the molecule is C#CCC(CC#C)(C(=O)OCC)C(=O)OCC.C#CCO.CCOC(=O)C1(C(=O)OCC)Cc2ccc(CO)cc2C1. The summed E-state index contributed by atoms with van der Waals surface area (Å²) in [4.78, 5) is 48.4. The van der Waals surface area contributed by atoms with Crippen LogP contribution in [-0.4, -0.2) is 67.1 Å². The molecule has 0 amide bonds. The normalized spacial score (nSPS) is 12.2. The van der Waals surface area contributed by atoms with Gasteiger partial charge in [-0.05, 0) is 57.2 Å².